The number of anilines is 1. The van der Waals surface area contributed by atoms with Crippen molar-refractivity contribution in [1.29, 1.82) is 0 Å². The van der Waals surface area contributed by atoms with E-state index in [1.54, 1.807) is 0 Å². The maximum atomic E-state index is 12.5. The minimum absolute atomic E-state index is 0.298. The standard InChI is InChI=1S/C20H22N2O/c1-15-7-8-19-18(11-15)20(23)12-17-14-21(9-10-22(17)19)13-16-5-3-2-4-6-16/h2-8,11,17H,9-10,12-14H2,1H3. The van der Waals surface area contributed by atoms with Crippen LogP contribution in [0.3, 0.4) is 0 Å². The normalized spacial score (nSPS) is 21.0. The van der Waals surface area contributed by atoms with Gasteiger partial charge in [0.25, 0.3) is 0 Å². The van der Waals surface area contributed by atoms with Gasteiger partial charge in [0, 0.05) is 49.9 Å². The molecule has 1 unspecified atom stereocenters. The van der Waals surface area contributed by atoms with Crippen molar-refractivity contribution in [3.63, 3.8) is 0 Å². The third-order valence-corrected chi connectivity index (χ3v) is 5.00. The first-order chi connectivity index (χ1) is 11.2. The van der Waals surface area contributed by atoms with E-state index >= 15 is 0 Å². The summed E-state index contributed by atoms with van der Waals surface area (Å²) in [6.07, 6.45) is 0.641. The Balaban J connectivity index is 1.53. The van der Waals surface area contributed by atoms with Crippen molar-refractivity contribution in [2.24, 2.45) is 0 Å². The Morgan fingerprint density at radius 3 is 2.74 bits per heavy atom. The largest absolute Gasteiger partial charge is 0.365 e. The molecule has 2 aromatic carbocycles. The molecule has 0 amide bonds. The number of ketones is 1. The second-order valence-electron chi connectivity index (χ2n) is 6.72. The fraction of sp³-hybridized carbons (Fsp3) is 0.350. The van der Waals surface area contributed by atoms with Crippen molar-refractivity contribution in [2.45, 2.75) is 25.9 Å². The number of benzene rings is 2. The van der Waals surface area contributed by atoms with E-state index < -0.39 is 0 Å². The molecule has 2 aliphatic rings. The number of Topliss-reactive ketones (excluding diaryl/α,β-unsaturated/α-hetero) is 1. The second kappa shape index (κ2) is 5.82. The number of piperazine rings is 1. The lowest BCUT2D eigenvalue weighted by molar-refractivity contribution is 0.0943. The summed E-state index contributed by atoms with van der Waals surface area (Å²) in [7, 11) is 0. The van der Waals surface area contributed by atoms with Crippen LogP contribution in [-0.2, 0) is 6.54 Å². The van der Waals surface area contributed by atoms with Crippen molar-refractivity contribution in [2.75, 3.05) is 24.5 Å². The molecule has 2 aliphatic heterocycles. The Bertz CT molecular complexity index is 726. The fourth-order valence-electron chi connectivity index (χ4n) is 3.84. The minimum atomic E-state index is 0.298. The van der Waals surface area contributed by atoms with Gasteiger partial charge >= 0.3 is 0 Å². The minimum Gasteiger partial charge on any atom is -0.365 e. The van der Waals surface area contributed by atoms with Crippen molar-refractivity contribution in [1.82, 2.24) is 4.90 Å². The zero-order valence-electron chi connectivity index (χ0n) is 13.5. The van der Waals surface area contributed by atoms with Crippen molar-refractivity contribution < 1.29 is 4.79 Å². The average molecular weight is 306 g/mol. The third-order valence-electron chi connectivity index (χ3n) is 5.00. The highest BCUT2D eigenvalue weighted by Gasteiger charge is 2.35. The third kappa shape index (κ3) is 2.77. The summed E-state index contributed by atoms with van der Waals surface area (Å²) < 4.78 is 0. The molecule has 0 radical (unpaired) electrons. The predicted octanol–water partition coefficient (Wildman–Crippen LogP) is 3.27. The molecule has 4 rings (SSSR count). The van der Waals surface area contributed by atoms with Gasteiger partial charge in [0.05, 0.1) is 0 Å². The van der Waals surface area contributed by atoms with E-state index in [-0.39, 0.29) is 0 Å². The van der Waals surface area contributed by atoms with Crippen LogP contribution >= 0.6 is 0 Å². The van der Waals surface area contributed by atoms with Gasteiger partial charge in [-0.2, -0.15) is 0 Å². The van der Waals surface area contributed by atoms with E-state index in [0.717, 1.165) is 37.4 Å². The van der Waals surface area contributed by atoms with Gasteiger partial charge in [-0.05, 0) is 24.6 Å². The number of hydrogen-bond acceptors (Lipinski definition) is 3. The Morgan fingerprint density at radius 2 is 1.91 bits per heavy atom. The molecular formula is C20H22N2O. The maximum Gasteiger partial charge on any atom is 0.167 e. The number of nitrogens with zero attached hydrogens (tertiary/aromatic N) is 2. The van der Waals surface area contributed by atoms with Crippen LogP contribution in [-0.4, -0.2) is 36.4 Å². The molecule has 2 aromatic rings. The molecule has 0 spiro atoms. The van der Waals surface area contributed by atoms with E-state index in [1.807, 2.05) is 6.07 Å². The molecule has 0 aromatic heterocycles. The van der Waals surface area contributed by atoms with E-state index in [9.17, 15) is 4.79 Å². The number of rotatable bonds is 2. The van der Waals surface area contributed by atoms with Crippen LogP contribution in [0.25, 0.3) is 0 Å². The molecule has 0 saturated carbocycles. The summed E-state index contributed by atoms with van der Waals surface area (Å²) in [5.74, 6) is 0.298. The summed E-state index contributed by atoms with van der Waals surface area (Å²) in [6.45, 7) is 6.04. The predicted molar refractivity (Wildman–Crippen MR) is 93.0 cm³/mol. The van der Waals surface area contributed by atoms with Crippen molar-refractivity contribution in [3.8, 4) is 0 Å². The van der Waals surface area contributed by atoms with Crippen molar-refractivity contribution in [3.05, 3.63) is 65.2 Å². The molecule has 23 heavy (non-hydrogen) atoms. The highest BCUT2D eigenvalue weighted by Crippen LogP contribution is 2.33. The Kier molecular flexibility index (Phi) is 3.66. The number of aryl methyl sites for hydroxylation is 1. The van der Waals surface area contributed by atoms with Gasteiger partial charge < -0.3 is 4.90 Å². The summed E-state index contributed by atoms with van der Waals surface area (Å²) in [6, 6.07) is 17.2. The van der Waals surface area contributed by atoms with Gasteiger partial charge in [0.2, 0.25) is 0 Å². The van der Waals surface area contributed by atoms with Crippen LogP contribution in [0.5, 0.6) is 0 Å². The van der Waals surface area contributed by atoms with Gasteiger partial charge in [-0.25, -0.2) is 0 Å². The van der Waals surface area contributed by atoms with Crippen LogP contribution in [0.1, 0.15) is 27.9 Å². The average Bonchev–Trinajstić information content (AvgIpc) is 2.56. The number of carbonyl (C=O) groups is 1. The van der Waals surface area contributed by atoms with E-state index in [2.05, 4.69) is 59.2 Å². The highest BCUT2D eigenvalue weighted by molar-refractivity contribution is 6.04. The smallest absolute Gasteiger partial charge is 0.167 e. The van der Waals surface area contributed by atoms with Crippen LogP contribution in [0.4, 0.5) is 5.69 Å². The van der Waals surface area contributed by atoms with E-state index in [1.165, 1.54) is 11.1 Å². The maximum absolute atomic E-state index is 12.5. The van der Waals surface area contributed by atoms with E-state index in [4.69, 9.17) is 0 Å². The first kappa shape index (κ1) is 14.5. The molecule has 0 aliphatic carbocycles. The summed E-state index contributed by atoms with van der Waals surface area (Å²) in [5.41, 5.74) is 4.56. The number of carbonyl (C=O) groups excluding carboxylic acids is 1. The van der Waals surface area contributed by atoms with Crippen LogP contribution in [0.15, 0.2) is 48.5 Å². The summed E-state index contributed by atoms with van der Waals surface area (Å²) in [4.78, 5) is 17.4. The molecular weight excluding hydrogens is 284 g/mol. The van der Waals surface area contributed by atoms with Crippen molar-refractivity contribution >= 4 is 11.5 Å². The highest BCUT2D eigenvalue weighted by atomic mass is 16.1. The molecule has 1 fully saturated rings. The fourth-order valence-corrected chi connectivity index (χ4v) is 3.84. The lowest BCUT2D eigenvalue weighted by Crippen LogP contribution is -2.55. The first-order valence-electron chi connectivity index (χ1n) is 8.37. The molecule has 0 bridgehead atoms. The molecule has 3 nitrogen and oxygen atoms in total. The van der Waals surface area contributed by atoms with Crippen LogP contribution in [0.2, 0.25) is 0 Å². The molecule has 1 saturated heterocycles. The van der Waals surface area contributed by atoms with Gasteiger partial charge in [0.1, 0.15) is 0 Å². The SMILES string of the molecule is Cc1ccc2c(c1)C(=O)CC1CN(Cc3ccccc3)CCN21. The molecule has 2 heterocycles. The van der Waals surface area contributed by atoms with Gasteiger partial charge in [-0.1, -0.05) is 42.0 Å². The van der Waals surface area contributed by atoms with Gasteiger partial charge in [-0.15, -0.1) is 0 Å². The quantitative estimate of drug-likeness (QED) is 0.851. The van der Waals surface area contributed by atoms with Gasteiger partial charge in [0.15, 0.2) is 5.78 Å². The summed E-state index contributed by atoms with van der Waals surface area (Å²) >= 11 is 0. The Hall–Kier alpha value is -2.13. The second-order valence-corrected chi connectivity index (χ2v) is 6.72. The monoisotopic (exact) mass is 306 g/mol. The number of fused-ring (bicyclic) bond motifs is 3. The molecule has 3 heteroatoms. The van der Waals surface area contributed by atoms with Crippen LogP contribution < -0.4 is 4.90 Å². The Labute approximate surface area is 137 Å². The zero-order chi connectivity index (χ0) is 15.8. The van der Waals surface area contributed by atoms with Gasteiger partial charge in [-0.3, -0.25) is 9.69 Å². The lowest BCUT2D eigenvalue weighted by atomic mass is 9.91. The summed E-state index contributed by atoms with van der Waals surface area (Å²) in [5, 5.41) is 0. The first-order valence-corrected chi connectivity index (χ1v) is 8.37. The van der Waals surface area contributed by atoms with Crippen LogP contribution in [0, 0.1) is 6.92 Å². The zero-order valence-corrected chi connectivity index (χ0v) is 13.5. The molecule has 0 N–H and O–H groups in total. The topological polar surface area (TPSA) is 23.6 Å². The molecule has 1 atom stereocenters. The number of hydrogen-bond donors (Lipinski definition) is 0. The lowest BCUT2D eigenvalue weighted by Gasteiger charge is -2.45. The molecule has 118 valence electrons. The Morgan fingerprint density at radius 1 is 1.09 bits per heavy atom. The van der Waals surface area contributed by atoms with E-state index in [0.29, 0.717) is 18.2 Å².